The molecule has 0 aromatic carbocycles. The summed E-state index contributed by atoms with van der Waals surface area (Å²) in [7, 11) is 0. The van der Waals surface area contributed by atoms with E-state index in [-0.39, 0.29) is 22.5 Å². The second kappa shape index (κ2) is 6.26. The van der Waals surface area contributed by atoms with Crippen LogP contribution in [0.15, 0.2) is 10.7 Å². The summed E-state index contributed by atoms with van der Waals surface area (Å²) < 4.78 is 30.4. The second-order valence-corrected chi connectivity index (χ2v) is 4.07. The first kappa shape index (κ1) is 14.3. The number of rotatable bonds is 4. The lowest BCUT2D eigenvalue weighted by Crippen LogP contribution is -2.12. The van der Waals surface area contributed by atoms with Crippen molar-refractivity contribution in [1.82, 2.24) is 4.98 Å². The largest absolute Gasteiger partial charge is 0.462 e. The second-order valence-electron chi connectivity index (χ2n) is 3.01. The summed E-state index contributed by atoms with van der Waals surface area (Å²) in [4.78, 5) is 15.1. The number of esters is 1. The van der Waals surface area contributed by atoms with Crippen LogP contribution in [0, 0.1) is 0 Å². The Hall–Kier alpha value is -0.750. The number of halogens is 4. The molecule has 0 fully saturated rings. The van der Waals surface area contributed by atoms with E-state index in [4.69, 9.17) is 16.3 Å². The average Bonchev–Trinajstić information content (AvgIpc) is 2.28. The molecule has 0 spiro atoms. The fourth-order valence-electron chi connectivity index (χ4n) is 1.20. The Morgan fingerprint density at radius 3 is 2.76 bits per heavy atom. The molecule has 0 aliphatic heterocycles. The maximum Gasteiger partial charge on any atom is 0.341 e. The van der Waals surface area contributed by atoms with Crippen molar-refractivity contribution in [3.05, 3.63) is 27.5 Å². The van der Waals surface area contributed by atoms with Crippen LogP contribution in [-0.2, 0) is 10.6 Å². The number of nitrogens with zero attached hydrogens (tertiary/aromatic N) is 1. The Labute approximate surface area is 110 Å². The van der Waals surface area contributed by atoms with Gasteiger partial charge in [0.15, 0.2) is 0 Å². The summed E-state index contributed by atoms with van der Waals surface area (Å²) in [6.45, 7) is 1.69. The van der Waals surface area contributed by atoms with E-state index in [1.165, 1.54) is 6.20 Å². The smallest absolute Gasteiger partial charge is 0.341 e. The summed E-state index contributed by atoms with van der Waals surface area (Å²) in [6.07, 6.45) is -1.64. The minimum Gasteiger partial charge on any atom is -0.462 e. The lowest BCUT2D eigenvalue weighted by Gasteiger charge is -2.11. The maximum absolute atomic E-state index is 12.7. The molecule has 1 rings (SSSR count). The summed E-state index contributed by atoms with van der Waals surface area (Å²) >= 11 is 8.68. The predicted molar refractivity (Wildman–Crippen MR) is 62.4 cm³/mol. The number of hydrogen-bond acceptors (Lipinski definition) is 3. The Morgan fingerprint density at radius 2 is 2.29 bits per heavy atom. The summed E-state index contributed by atoms with van der Waals surface area (Å²) in [5, 5.41) is 0. The molecule has 1 aromatic heterocycles. The first-order valence-corrected chi connectivity index (χ1v) is 6.04. The SMILES string of the molecule is CCOC(=O)c1c(C(F)F)ncc(CCl)c1Br. The Balaban J connectivity index is 3.34. The molecule has 0 bridgehead atoms. The van der Waals surface area contributed by atoms with E-state index in [9.17, 15) is 13.6 Å². The molecule has 0 amide bonds. The predicted octanol–water partition coefficient (Wildman–Crippen LogP) is 3.70. The van der Waals surface area contributed by atoms with Crippen molar-refractivity contribution in [3.8, 4) is 0 Å². The molecule has 7 heteroatoms. The van der Waals surface area contributed by atoms with Crippen LogP contribution in [0.25, 0.3) is 0 Å². The maximum atomic E-state index is 12.7. The molecule has 0 saturated heterocycles. The fraction of sp³-hybridized carbons (Fsp3) is 0.400. The van der Waals surface area contributed by atoms with Gasteiger partial charge in [-0.05, 0) is 22.9 Å². The molecule has 0 aliphatic rings. The molecule has 0 saturated carbocycles. The molecule has 0 N–H and O–H groups in total. The highest BCUT2D eigenvalue weighted by Crippen LogP contribution is 2.30. The number of aromatic nitrogens is 1. The van der Waals surface area contributed by atoms with E-state index in [1.54, 1.807) is 6.92 Å². The number of alkyl halides is 3. The van der Waals surface area contributed by atoms with E-state index in [0.717, 1.165) is 0 Å². The zero-order valence-electron chi connectivity index (χ0n) is 8.84. The quantitative estimate of drug-likeness (QED) is 0.625. The van der Waals surface area contributed by atoms with E-state index in [0.29, 0.717) is 5.56 Å². The van der Waals surface area contributed by atoms with Gasteiger partial charge < -0.3 is 4.74 Å². The first-order chi connectivity index (χ1) is 8.02. The molecular weight excluding hydrogens is 319 g/mol. The minimum absolute atomic E-state index is 0.0590. The van der Waals surface area contributed by atoms with Gasteiger partial charge in [-0.3, -0.25) is 4.98 Å². The van der Waals surface area contributed by atoms with Gasteiger partial charge >= 0.3 is 5.97 Å². The fourth-order valence-corrected chi connectivity index (χ4v) is 2.17. The van der Waals surface area contributed by atoms with Crippen LogP contribution in [0.3, 0.4) is 0 Å². The van der Waals surface area contributed by atoms with Crippen LogP contribution in [0.2, 0.25) is 0 Å². The van der Waals surface area contributed by atoms with Gasteiger partial charge in [0.2, 0.25) is 0 Å². The van der Waals surface area contributed by atoms with Crippen LogP contribution in [0.5, 0.6) is 0 Å². The van der Waals surface area contributed by atoms with Gasteiger partial charge in [-0.25, -0.2) is 13.6 Å². The normalized spacial score (nSPS) is 10.7. The Bertz CT molecular complexity index is 429. The average molecular weight is 329 g/mol. The van der Waals surface area contributed by atoms with Gasteiger partial charge in [-0.1, -0.05) is 0 Å². The molecule has 1 aromatic rings. The van der Waals surface area contributed by atoms with Gasteiger partial charge in [-0.15, -0.1) is 11.6 Å². The summed E-state index contributed by atoms with van der Waals surface area (Å²) in [5.74, 6) is -0.780. The van der Waals surface area contributed by atoms with Gasteiger partial charge in [-0.2, -0.15) is 0 Å². The zero-order chi connectivity index (χ0) is 13.0. The highest BCUT2D eigenvalue weighted by Gasteiger charge is 2.25. The molecule has 0 unspecified atom stereocenters. The minimum atomic E-state index is -2.85. The van der Waals surface area contributed by atoms with Crippen molar-refractivity contribution in [2.24, 2.45) is 0 Å². The lowest BCUT2D eigenvalue weighted by atomic mass is 10.1. The van der Waals surface area contributed by atoms with Gasteiger partial charge in [0, 0.05) is 16.2 Å². The van der Waals surface area contributed by atoms with E-state index >= 15 is 0 Å². The molecule has 3 nitrogen and oxygen atoms in total. The summed E-state index contributed by atoms with van der Waals surface area (Å²) in [6, 6.07) is 0. The van der Waals surface area contributed by atoms with Crippen molar-refractivity contribution in [2.45, 2.75) is 19.2 Å². The number of carbonyl (C=O) groups excluding carboxylic acids is 1. The van der Waals surface area contributed by atoms with Crippen LogP contribution in [0.1, 0.15) is 35.0 Å². The highest BCUT2D eigenvalue weighted by atomic mass is 79.9. The standard InChI is InChI=1S/C10H9BrClF2NO2/c1-2-17-10(16)6-7(11)5(3-12)4-15-8(6)9(13)14/h4,9H,2-3H2,1H3. The molecule has 0 aliphatic carbocycles. The molecule has 94 valence electrons. The third-order valence-electron chi connectivity index (χ3n) is 1.95. The highest BCUT2D eigenvalue weighted by molar-refractivity contribution is 9.10. The van der Waals surface area contributed by atoms with Crippen LogP contribution < -0.4 is 0 Å². The van der Waals surface area contributed by atoms with Crippen LogP contribution in [0.4, 0.5) is 8.78 Å². The van der Waals surface area contributed by atoms with Crippen molar-refractivity contribution in [3.63, 3.8) is 0 Å². The Kier molecular flexibility index (Phi) is 5.27. The molecule has 0 atom stereocenters. The molecular formula is C10H9BrClF2NO2. The monoisotopic (exact) mass is 327 g/mol. The number of hydrogen-bond donors (Lipinski definition) is 0. The molecule has 17 heavy (non-hydrogen) atoms. The first-order valence-electron chi connectivity index (χ1n) is 4.71. The van der Waals surface area contributed by atoms with Gasteiger partial charge in [0.25, 0.3) is 6.43 Å². The number of carbonyl (C=O) groups is 1. The zero-order valence-corrected chi connectivity index (χ0v) is 11.2. The number of pyridine rings is 1. The molecule has 0 radical (unpaired) electrons. The van der Waals surface area contributed by atoms with Crippen molar-refractivity contribution in [2.75, 3.05) is 6.61 Å². The topological polar surface area (TPSA) is 39.2 Å². The lowest BCUT2D eigenvalue weighted by molar-refractivity contribution is 0.0512. The number of ether oxygens (including phenoxy) is 1. The van der Waals surface area contributed by atoms with E-state index in [2.05, 4.69) is 20.9 Å². The van der Waals surface area contributed by atoms with Crippen molar-refractivity contribution >= 4 is 33.5 Å². The van der Waals surface area contributed by atoms with Gasteiger partial charge in [0.05, 0.1) is 12.5 Å². The van der Waals surface area contributed by atoms with Crippen molar-refractivity contribution in [1.29, 1.82) is 0 Å². The van der Waals surface area contributed by atoms with Crippen molar-refractivity contribution < 1.29 is 18.3 Å². The Morgan fingerprint density at radius 1 is 1.65 bits per heavy atom. The van der Waals surface area contributed by atoms with E-state index in [1.807, 2.05) is 0 Å². The third kappa shape index (κ3) is 3.13. The van der Waals surface area contributed by atoms with Gasteiger partial charge in [0.1, 0.15) is 11.3 Å². The van der Waals surface area contributed by atoms with E-state index < -0.39 is 18.1 Å². The summed E-state index contributed by atoms with van der Waals surface area (Å²) in [5.41, 5.74) is -0.414. The van der Waals surface area contributed by atoms with Crippen LogP contribution >= 0.6 is 27.5 Å². The third-order valence-corrected chi connectivity index (χ3v) is 3.14. The van der Waals surface area contributed by atoms with Crippen LogP contribution in [-0.4, -0.2) is 17.6 Å². The molecule has 1 heterocycles.